The van der Waals surface area contributed by atoms with Crippen molar-refractivity contribution < 1.29 is 37.6 Å². The Kier molecular flexibility index (Phi) is 11.5. The fraction of sp³-hybridized carbons (Fsp3) is 0.278. The second-order valence-electron chi connectivity index (χ2n) is 11.9. The highest BCUT2D eigenvalue weighted by Gasteiger charge is 2.44. The summed E-state index contributed by atoms with van der Waals surface area (Å²) in [7, 11) is 1.63. The third-order valence-corrected chi connectivity index (χ3v) is 9.22. The number of esters is 1. The van der Waals surface area contributed by atoms with Crippen molar-refractivity contribution in [2.75, 3.05) is 18.9 Å². The summed E-state index contributed by atoms with van der Waals surface area (Å²) in [6.45, 7) is 4.80. The molecule has 0 aliphatic rings. The van der Waals surface area contributed by atoms with E-state index in [-0.39, 0.29) is 31.1 Å². The smallest absolute Gasteiger partial charge is 0.412 e. The number of anilines is 1. The molecule has 1 unspecified atom stereocenters. The fourth-order valence-electron chi connectivity index (χ4n) is 5.37. The molecule has 4 N–H and O–H groups in total. The standard InChI is InChI=1S/C36H35F2N7O5S/c1-21-5-12-30(26(13-21)17-49-32(46)16-40-4)43-35(47)50-23(3)33-41-20-45(44-33)19-36(48,28-14-27(37)10-11-29(28)38)22(2)34-42-31(18-51-34)25-8-6-24(15-39)7-9-25/h5-14,18,20,22-23,40,48H,16-17,19H2,1-4H3,(H,43,47)/p+1/t22-,23?,36+/m0/s1. The number of aliphatic hydroxyl groups is 1. The van der Waals surface area contributed by atoms with Gasteiger partial charge < -0.3 is 19.9 Å². The third kappa shape index (κ3) is 8.79. The number of hydrogen-bond donors (Lipinski definition) is 4. The van der Waals surface area contributed by atoms with Gasteiger partial charge >= 0.3 is 18.4 Å². The number of nitrogens with zero attached hydrogens (tertiary/aromatic N) is 4. The minimum absolute atomic E-state index is 0.0382. The van der Waals surface area contributed by atoms with Crippen LogP contribution in [0.3, 0.4) is 0 Å². The predicted molar refractivity (Wildman–Crippen MR) is 183 cm³/mol. The zero-order chi connectivity index (χ0) is 36.7. The first kappa shape index (κ1) is 36.7. The number of carbonyl (C=O) groups excluding carboxylic acids is 2. The van der Waals surface area contributed by atoms with Gasteiger partial charge in [-0.1, -0.05) is 36.8 Å². The van der Waals surface area contributed by atoms with Crippen LogP contribution in [0.1, 0.15) is 59.0 Å². The topological polar surface area (TPSA) is 166 Å². The van der Waals surface area contributed by atoms with Crippen molar-refractivity contribution in [1.29, 1.82) is 5.26 Å². The van der Waals surface area contributed by atoms with Crippen LogP contribution < -0.4 is 15.3 Å². The first-order chi connectivity index (χ1) is 24.4. The summed E-state index contributed by atoms with van der Waals surface area (Å²) in [6, 6.07) is 17.0. The molecule has 5 rings (SSSR count). The second kappa shape index (κ2) is 16.0. The second-order valence-corrected chi connectivity index (χ2v) is 12.8. The molecule has 3 aromatic carbocycles. The molecule has 1 amide bonds. The highest BCUT2D eigenvalue weighted by molar-refractivity contribution is 7.10. The summed E-state index contributed by atoms with van der Waals surface area (Å²) in [5.41, 5.74) is 1.41. The number of halogens is 2. The number of aromatic amines is 1. The van der Waals surface area contributed by atoms with Crippen LogP contribution in [-0.2, 0) is 33.0 Å². The van der Waals surface area contributed by atoms with Gasteiger partial charge in [0.15, 0.2) is 6.10 Å². The number of benzene rings is 3. The fourth-order valence-corrected chi connectivity index (χ4v) is 6.34. The van der Waals surface area contributed by atoms with Crippen molar-refractivity contribution in [3.05, 3.63) is 117 Å². The van der Waals surface area contributed by atoms with Gasteiger partial charge in [-0.3, -0.25) is 10.1 Å². The van der Waals surface area contributed by atoms with Gasteiger partial charge in [-0.2, -0.15) is 15.0 Å². The Hall–Kier alpha value is -5.56. The van der Waals surface area contributed by atoms with Crippen LogP contribution in [0.15, 0.2) is 72.4 Å². The largest absolute Gasteiger partial charge is 0.460 e. The summed E-state index contributed by atoms with van der Waals surface area (Å²) in [4.78, 5) is 33.8. The Morgan fingerprint density at radius 2 is 1.90 bits per heavy atom. The SMILES string of the molecule is CNCC(=O)OCc1cc(C)ccc1NC(=O)OC(C)c1nc[n+](C[C@](O)(c2cc(F)ccc2F)[C@@H](C)c2nc(-c3ccc(C#N)cc3)cs2)[nH]1. The number of H-pyrrole nitrogens is 1. The van der Waals surface area contributed by atoms with E-state index in [1.807, 2.05) is 6.92 Å². The molecule has 0 spiro atoms. The van der Waals surface area contributed by atoms with E-state index in [2.05, 4.69) is 26.8 Å². The van der Waals surface area contributed by atoms with Crippen LogP contribution in [0.4, 0.5) is 19.3 Å². The van der Waals surface area contributed by atoms with Gasteiger partial charge in [-0.05, 0) is 62.3 Å². The zero-order valence-corrected chi connectivity index (χ0v) is 29.1. The maximum Gasteiger partial charge on any atom is 0.412 e. The third-order valence-electron chi connectivity index (χ3n) is 8.20. The van der Waals surface area contributed by atoms with Crippen molar-refractivity contribution in [2.45, 2.75) is 51.5 Å². The minimum atomic E-state index is -2.03. The number of likely N-dealkylation sites (N-methyl/N-ethyl adjacent to an activating group) is 1. The van der Waals surface area contributed by atoms with E-state index < -0.39 is 41.3 Å². The Morgan fingerprint density at radius 1 is 1.14 bits per heavy atom. The Balaban J connectivity index is 1.34. The quantitative estimate of drug-likeness (QED) is 0.0904. The monoisotopic (exact) mass is 716 g/mol. The molecule has 12 nitrogen and oxygen atoms in total. The molecule has 0 aliphatic heterocycles. The number of nitrogens with one attached hydrogen (secondary N) is 3. The molecule has 3 atom stereocenters. The highest BCUT2D eigenvalue weighted by Crippen LogP contribution is 2.41. The zero-order valence-electron chi connectivity index (χ0n) is 28.2. The molecular weight excluding hydrogens is 681 g/mol. The molecule has 5 aromatic rings. The van der Waals surface area contributed by atoms with Gasteiger partial charge in [0.2, 0.25) is 0 Å². The van der Waals surface area contributed by atoms with E-state index in [1.165, 1.54) is 22.3 Å². The van der Waals surface area contributed by atoms with Crippen LogP contribution >= 0.6 is 11.3 Å². The molecule has 0 bridgehead atoms. The van der Waals surface area contributed by atoms with Gasteiger partial charge in [-0.15, -0.1) is 11.3 Å². The molecule has 264 valence electrons. The van der Waals surface area contributed by atoms with Crippen LogP contribution in [0.25, 0.3) is 11.3 Å². The lowest BCUT2D eigenvalue weighted by molar-refractivity contribution is -0.765. The lowest BCUT2D eigenvalue weighted by Crippen LogP contribution is -2.50. The molecule has 0 aliphatic carbocycles. The summed E-state index contributed by atoms with van der Waals surface area (Å²) >= 11 is 1.25. The summed E-state index contributed by atoms with van der Waals surface area (Å²) in [6.07, 6.45) is -0.353. The molecule has 2 aromatic heterocycles. The molecule has 0 saturated carbocycles. The van der Waals surface area contributed by atoms with E-state index in [0.717, 1.165) is 29.3 Å². The first-order valence-electron chi connectivity index (χ1n) is 15.9. The maximum atomic E-state index is 15.3. The van der Waals surface area contributed by atoms with Crippen LogP contribution in [0.2, 0.25) is 0 Å². The molecule has 0 radical (unpaired) electrons. The number of aromatic nitrogens is 4. The molecule has 15 heteroatoms. The molecule has 2 heterocycles. The predicted octanol–water partition coefficient (Wildman–Crippen LogP) is 5.54. The van der Waals surface area contributed by atoms with E-state index in [4.69, 9.17) is 19.7 Å². The number of carbonyl (C=O) groups is 2. The van der Waals surface area contributed by atoms with Crippen LogP contribution in [0, 0.1) is 29.9 Å². The van der Waals surface area contributed by atoms with Gasteiger partial charge in [-0.25, -0.2) is 18.6 Å². The number of rotatable bonds is 13. The van der Waals surface area contributed by atoms with Crippen molar-refractivity contribution in [3.63, 3.8) is 0 Å². The van der Waals surface area contributed by atoms with Crippen molar-refractivity contribution in [3.8, 4) is 17.3 Å². The lowest BCUT2D eigenvalue weighted by atomic mass is 9.82. The highest BCUT2D eigenvalue weighted by atomic mass is 32.1. The molecule has 0 fully saturated rings. The van der Waals surface area contributed by atoms with Gasteiger partial charge in [0.25, 0.3) is 5.82 Å². The minimum Gasteiger partial charge on any atom is -0.460 e. The Morgan fingerprint density at radius 3 is 2.63 bits per heavy atom. The Labute approximate surface area is 296 Å². The average molecular weight is 717 g/mol. The number of hydrogen-bond acceptors (Lipinski definition) is 10. The number of nitriles is 1. The van der Waals surface area contributed by atoms with E-state index in [0.29, 0.717) is 27.5 Å². The first-order valence-corrected chi connectivity index (χ1v) is 16.7. The number of thiazole rings is 1. The molecular formula is C36H36F2N7O5S+. The van der Waals surface area contributed by atoms with E-state index in [9.17, 15) is 19.1 Å². The van der Waals surface area contributed by atoms with Crippen molar-refractivity contribution in [2.24, 2.45) is 0 Å². The summed E-state index contributed by atoms with van der Waals surface area (Å²) in [5.74, 6) is -2.62. The normalized spacial score (nSPS) is 13.5. The molecule has 51 heavy (non-hydrogen) atoms. The maximum absolute atomic E-state index is 15.3. The number of ether oxygens (including phenoxy) is 2. The van der Waals surface area contributed by atoms with Gasteiger partial charge in [0, 0.05) is 28.0 Å². The van der Waals surface area contributed by atoms with Crippen molar-refractivity contribution >= 4 is 29.1 Å². The molecule has 0 saturated heterocycles. The average Bonchev–Trinajstić information content (AvgIpc) is 3.80. The van der Waals surface area contributed by atoms with E-state index in [1.54, 1.807) is 68.7 Å². The number of aryl methyl sites for hydroxylation is 1. The summed E-state index contributed by atoms with van der Waals surface area (Å²) in [5, 5.41) is 32.0. The van der Waals surface area contributed by atoms with Gasteiger partial charge in [0.1, 0.15) is 30.4 Å². The van der Waals surface area contributed by atoms with Crippen LogP contribution in [-0.4, -0.2) is 45.8 Å². The Bertz CT molecular complexity index is 2060. The number of amides is 1. The van der Waals surface area contributed by atoms with E-state index >= 15 is 4.39 Å². The summed E-state index contributed by atoms with van der Waals surface area (Å²) < 4.78 is 42.0. The lowest BCUT2D eigenvalue weighted by Gasteiger charge is -2.32. The van der Waals surface area contributed by atoms with Gasteiger partial charge in [0.05, 0.1) is 34.6 Å². The van der Waals surface area contributed by atoms with Crippen LogP contribution in [0.5, 0.6) is 0 Å². The van der Waals surface area contributed by atoms with Crippen molar-refractivity contribution in [1.82, 2.24) is 20.4 Å².